The van der Waals surface area contributed by atoms with Crippen molar-refractivity contribution in [2.45, 2.75) is 19.3 Å². The number of benzene rings is 1. The summed E-state index contributed by atoms with van der Waals surface area (Å²) < 4.78 is 37.6. The lowest BCUT2D eigenvalue weighted by Crippen LogP contribution is -2.49. The molecule has 0 radical (unpaired) electrons. The van der Waals surface area contributed by atoms with Gasteiger partial charge in [-0.2, -0.15) is 17.0 Å². The number of ether oxygens (including phenoxy) is 2. The molecule has 0 spiro atoms. The Hall–Kier alpha value is -1.84. The number of hydrogen-bond acceptors (Lipinski definition) is 5. The van der Waals surface area contributed by atoms with Crippen LogP contribution < -0.4 is 14.8 Å². The predicted molar refractivity (Wildman–Crippen MR) is 103 cm³/mol. The normalized spacial score (nSPS) is 18.3. The number of nitrogens with zero attached hydrogens (tertiary/aromatic N) is 2. The molecule has 0 bridgehead atoms. The molecule has 1 aromatic carbocycles. The van der Waals surface area contributed by atoms with Crippen molar-refractivity contribution in [2.24, 2.45) is 5.92 Å². The van der Waals surface area contributed by atoms with Crippen molar-refractivity contribution in [3.05, 3.63) is 23.8 Å². The minimum atomic E-state index is -3.48. The summed E-state index contributed by atoms with van der Waals surface area (Å²) >= 11 is 0. The fraction of sp³-hybridized carbons (Fsp3) is 0.611. The van der Waals surface area contributed by atoms with Gasteiger partial charge in [0.1, 0.15) is 0 Å². The van der Waals surface area contributed by atoms with Gasteiger partial charge in [-0.25, -0.2) is 0 Å². The van der Waals surface area contributed by atoms with Crippen LogP contribution in [0.4, 0.5) is 0 Å². The highest BCUT2D eigenvalue weighted by Gasteiger charge is 2.33. The Kier molecular flexibility index (Phi) is 7.46. The molecule has 1 aliphatic rings. The Morgan fingerprint density at radius 2 is 1.96 bits per heavy atom. The first-order valence-corrected chi connectivity index (χ1v) is 10.4. The number of carbonyl (C=O) groups is 1. The average Bonchev–Trinajstić information content (AvgIpc) is 2.67. The van der Waals surface area contributed by atoms with Crippen molar-refractivity contribution in [3.63, 3.8) is 0 Å². The van der Waals surface area contributed by atoms with Gasteiger partial charge < -0.3 is 14.8 Å². The molecule has 152 valence electrons. The number of methoxy groups -OCH3 is 2. The summed E-state index contributed by atoms with van der Waals surface area (Å²) in [6, 6.07) is 5.65. The molecule has 27 heavy (non-hydrogen) atoms. The van der Waals surface area contributed by atoms with Gasteiger partial charge in [-0.1, -0.05) is 6.07 Å². The standard InChI is InChI=1S/C18H29N3O5S/c1-20(2)27(23,24)21-11-5-6-15(13-21)18(22)19-10-9-14-7-8-16(25-3)17(12-14)26-4/h7-8,12,15H,5-6,9-11,13H2,1-4H3,(H,19,22)/t15-/m0/s1. The number of rotatable bonds is 8. The number of nitrogens with one attached hydrogen (secondary N) is 1. The monoisotopic (exact) mass is 399 g/mol. The quantitative estimate of drug-likeness (QED) is 0.701. The Labute approximate surface area is 161 Å². The number of piperidine rings is 1. The topological polar surface area (TPSA) is 88.2 Å². The summed E-state index contributed by atoms with van der Waals surface area (Å²) in [5, 5.41) is 2.92. The molecule has 2 rings (SSSR count). The molecule has 1 amide bonds. The maximum absolute atomic E-state index is 12.5. The van der Waals surface area contributed by atoms with Crippen molar-refractivity contribution in [1.82, 2.24) is 13.9 Å². The lowest BCUT2D eigenvalue weighted by Gasteiger charge is -2.32. The van der Waals surface area contributed by atoms with Crippen LogP contribution in [0.5, 0.6) is 11.5 Å². The molecule has 1 fully saturated rings. The van der Waals surface area contributed by atoms with Crippen LogP contribution in [0.3, 0.4) is 0 Å². The van der Waals surface area contributed by atoms with E-state index in [0.29, 0.717) is 43.9 Å². The molecule has 9 heteroatoms. The molecule has 8 nitrogen and oxygen atoms in total. The molecule has 1 aliphatic heterocycles. The van der Waals surface area contributed by atoms with Gasteiger partial charge in [0, 0.05) is 33.7 Å². The molecule has 1 saturated heterocycles. The maximum Gasteiger partial charge on any atom is 0.281 e. The molecule has 1 aromatic rings. The van der Waals surface area contributed by atoms with Gasteiger partial charge >= 0.3 is 0 Å². The van der Waals surface area contributed by atoms with Crippen LogP contribution in [0.15, 0.2) is 18.2 Å². The highest BCUT2D eigenvalue weighted by molar-refractivity contribution is 7.86. The van der Waals surface area contributed by atoms with E-state index in [0.717, 1.165) is 5.56 Å². The summed E-state index contributed by atoms with van der Waals surface area (Å²) in [5.74, 6) is 0.890. The van der Waals surface area contributed by atoms with E-state index in [2.05, 4.69) is 5.32 Å². The zero-order chi connectivity index (χ0) is 20.0. The molecule has 1 N–H and O–H groups in total. The lowest BCUT2D eigenvalue weighted by molar-refractivity contribution is -0.126. The minimum absolute atomic E-state index is 0.103. The zero-order valence-electron chi connectivity index (χ0n) is 16.4. The van der Waals surface area contributed by atoms with Crippen LogP contribution in [0.25, 0.3) is 0 Å². The summed E-state index contributed by atoms with van der Waals surface area (Å²) in [6.45, 7) is 1.16. The second-order valence-electron chi connectivity index (χ2n) is 6.72. The number of hydrogen-bond donors (Lipinski definition) is 1. The van der Waals surface area contributed by atoms with Gasteiger partial charge in [0.05, 0.1) is 20.1 Å². The van der Waals surface area contributed by atoms with E-state index < -0.39 is 10.2 Å². The highest BCUT2D eigenvalue weighted by Crippen LogP contribution is 2.27. The lowest BCUT2D eigenvalue weighted by atomic mass is 9.99. The molecule has 0 aliphatic carbocycles. The third kappa shape index (κ3) is 5.33. The van der Waals surface area contributed by atoms with Gasteiger partial charge in [-0.3, -0.25) is 4.79 Å². The van der Waals surface area contributed by atoms with E-state index in [4.69, 9.17) is 9.47 Å². The highest BCUT2D eigenvalue weighted by atomic mass is 32.2. The fourth-order valence-corrected chi connectivity index (χ4v) is 4.30. The Bertz CT molecular complexity index is 751. The van der Waals surface area contributed by atoms with Crippen LogP contribution in [0.1, 0.15) is 18.4 Å². The largest absolute Gasteiger partial charge is 0.493 e. The summed E-state index contributed by atoms with van der Waals surface area (Å²) in [6.07, 6.45) is 2.03. The second kappa shape index (κ2) is 9.38. The smallest absolute Gasteiger partial charge is 0.281 e. The molecular formula is C18H29N3O5S. The third-order valence-corrected chi connectivity index (χ3v) is 6.61. The van der Waals surface area contributed by atoms with Crippen molar-refractivity contribution in [1.29, 1.82) is 0 Å². The first kappa shape index (κ1) is 21.5. The number of carbonyl (C=O) groups excluding carboxylic acids is 1. The molecule has 0 aromatic heterocycles. The van der Waals surface area contributed by atoms with Gasteiger partial charge in [-0.05, 0) is 37.0 Å². The SMILES string of the molecule is COc1ccc(CCNC(=O)[C@H]2CCCN(S(=O)(=O)N(C)C)C2)cc1OC. The Morgan fingerprint density at radius 1 is 1.26 bits per heavy atom. The first-order valence-electron chi connectivity index (χ1n) is 8.95. The van der Waals surface area contributed by atoms with Gasteiger partial charge in [0.25, 0.3) is 10.2 Å². The second-order valence-corrected chi connectivity index (χ2v) is 8.86. The molecule has 1 atom stereocenters. The van der Waals surface area contributed by atoms with Gasteiger partial charge in [0.15, 0.2) is 11.5 Å². The van der Waals surface area contributed by atoms with Crippen molar-refractivity contribution in [3.8, 4) is 11.5 Å². The van der Waals surface area contributed by atoms with Gasteiger partial charge in [0.2, 0.25) is 5.91 Å². The summed E-state index contributed by atoms with van der Waals surface area (Å²) in [4.78, 5) is 12.5. The first-order chi connectivity index (χ1) is 12.8. The minimum Gasteiger partial charge on any atom is -0.493 e. The van der Waals surface area contributed by atoms with E-state index in [1.807, 2.05) is 18.2 Å². The van der Waals surface area contributed by atoms with Crippen LogP contribution >= 0.6 is 0 Å². The van der Waals surface area contributed by atoms with E-state index in [1.165, 1.54) is 22.7 Å². The fourth-order valence-electron chi connectivity index (χ4n) is 3.11. The van der Waals surface area contributed by atoms with Crippen molar-refractivity contribution in [2.75, 3.05) is 47.9 Å². The van der Waals surface area contributed by atoms with Crippen LogP contribution in [-0.2, 0) is 21.4 Å². The third-order valence-electron chi connectivity index (χ3n) is 4.70. The van der Waals surface area contributed by atoms with Crippen LogP contribution in [0, 0.1) is 5.92 Å². The number of amides is 1. The molecule has 0 saturated carbocycles. The van der Waals surface area contributed by atoms with Crippen LogP contribution in [0.2, 0.25) is 0 Å². The maximum atomic E-state index is 12.5. The molecule has 0 unspecified atom stereocenters. The predicted octanol–water partition coefficient (Wildman–Crippen LogP) is 0.881. The van der Waals surface area contributed by atoms with E-state index >= 15 is 0 Å². The van der Waals surface area contributed by atoms with E-state index in [-0.39, 0.29) is 18.4 Å². The van der Waals surface area contributed by atoms with Crippen molar-refractivity contribution < 1.29 is 22.7 Å². The van der Waals surface area contributed by atoms with E-state index in [1.54, 1.807) is 14.2 Å². The Balaban J connectivity index is 1.88. The van der Waals surface area contributed by atoms with E-state index in [9.17, 15) is 13.2 Å². The zero-order valence-corrected chi connectivity index (χ0v) is 17.2. The van der Waals surface area contributed by atoms with Gasteiger partial charge in [-0.15, -0.1) is 0 Å². The Morgan fingerprint density at radius 3 is 2.59 bits per heavy atom. The van der Waals surface area contributed by atoms with Crippen LogP contribution in [-0.4, -0.2) is 70.9 Å². The average molecular weight is 400 g/mol. The molecule has 1 heterocycles. The van der Waals surface area contributed by atoms with Crippen molar-refractivity contribution >= 4 is 16.1 Å². The molecular weight excluding hydrogens is 370 g/mol. The summed E-state index contributed by atoms with van der Waals surface area (Å²) in [7, 11) is 2.69. The summed E-state index contributed by atoms with van der Waals surface area (Å²) in [5.41, 5.74) is 1.02.